The molecule has 0 saturated heterocycles. The zero-order valence-corrected chi connectivity index (χ0v) is 12.2. The van der Waals surface area contributed by atoms with Crippen molar-refractivity contribution in [1.29, 1.82) is 5.26 Å². The number of nitriles is 1. The van der Waals surface area contributed by atoms with Crippen LogP contribution in [-0.4, -0.2) is 4.98 Å². The fourth-order valence-electron chi connectivity index (χ4n) is 1.39. The minimum Gasteiger partial charge on any atom is -0.335 e. The number of aromatic nitrogens is 1. The molecule has 0 spiro atoms. The van der Waals surface area contributed by atoms with Gasteiger partial charge in [0.05, 0.1) is 19.8 Å². The van der Waals surface area contributed by atoms with Crippen molar-refractivity contribution < 1.29 is 0 Å². The van der Waals surface area contributed by atoms with Gasteiger partial charge in [0.2, 0.25) is 0 Å². The van der Waals surface area contributed by atoms with Crippen molar-refractivity contribution in [2.24, 2.45) is 0 Å². The minimum atomic E-state index is 0.200. The molecular weight excluding hydrogens is 322 g/mol. The van der Waals surface area contributed by atoms with Gasteiger partial charge in [0.15, 0.2) is 0 Å². The van der Waals surface area contributed by atoms with E-state index in [9.17, 15) is 0 Å². The van der Waals surface area contributed by atoms with Gasteiger partial charge in [-0.25, -0.2) is 0 Å². The zero-order chi connectivity index (χ0) is 12.7. The summed E-state index contributed by atoms with van der Waals surface area (Å²) in [5.41, 5.74) is 1.55. The molecule has 2 rings (SSSR count). The number of halogens is 4. The summed E-state index contributed by atoms with van der Waals surface area (Å²) in [5, 5.41) is 10.0. The van der Waals surface area contributed by atoms with Gasteiger partial charge in [-0.05, 0) is 12.5 Å². The molecule has 7 heteroatoms. The van der Waals surface area contributed by atoms with Crippen molar-refractivity contribution in [2.75, 3.05) is 0 Å². The number of hydrogen-bond acceptors (Lipinski definition) is 2. The van der Waals surface area contributed by atoms with Crippen LogP contribution < -0.4 is 0 Å². The normalized spacial score (nSPS) is 10.6. The molecule has 0 radical (unpaired) electrons. The molecule has 0 atom stereocenters. The molecular formula is C10H4Cl4N2S. The Labute approximate surface area is 122 Å². The van der Waals surface area contributed by atoms with Gasteiger partial charge in [-0.3, -0.25) is 0 Å². The Morgan fingerprint density at radius 2 is 1.82 bits per heavy atom. The third-order valence-electron chi connectivity index (χ3n) is 2.26. The molecule has 0 aliphatic carbocycles. The van der Waals surface area contributed by atoms with Gasteiger partial charge in [-0.2, -0.15) is 5.26 Å². The molecule has 0 bridgehead atoms. The van der Waals surface area contributed by atoms with Crippen LogP contribution in [0.1, 0.15) is 11.1 Å². The second-order valence-electron chi connectivity index (χ2n) is 3.26. The number of aromatic amines is 1. The van der Waals surface area contributed by atoms with Crippen molar-refractivity contribution in [3.8, 4) is 16.5 Å². The summed E-state index contributed by atoms with van der Waals surface area (Å²) in [6.07, 6.45) is 0. The molecule has 0 aliphatic heterocycles. The highest BCUT2D eigenvalue weighted by atomic mass is 35.5. The van der Waals surface area contributed by atoms with E-state index in [2.05, 4.69) is 4.98 Å². The van der Waals surface area contributed by atoms with Gasteiger partial charge in [-0.1, -0.05) is 46.4 Å². The summed E-state index contributed by atoms with van der Waals surface area (Å²) in [7, 11) is 0. The average molecular weight is 326 g/mol. The standard InChI is InChI=1S/C10H4Cl4N2S/c1-3-6(11)7(17-10(3)14)5-4(2-15)8(12)16-9(5)13/h16H,1H3. The van der Waals surface area contributed by atoms with Gasteiger partial charge in [0, 0.05) is 5.56 Å². The van der Waals surface area contributed by atoms with Crippen LogP contribution in [0.5, 0.6) is 0 Å². The summed E-state index contributed by atoms with van der Waals surface area (Å²) in [6, 6.07) is 2.00. The summed E-state index contributed by atoms with van der Waals surface area (Å²) in [6.45, 7) is 1.80. The van der Waals surface area contributed by atoms with E-state index in [1.54, 1.807) is 6.92 Å². The molecule has 2 aromatic rings. The van der Waals surface area contributed by atoms with Crippen LogP contribution in [0.3, 0.4) is 0 Å². The maximum atomic E-state index is 9.06. The third-order valence-corrected chi connectivity index (χ3v) is 5.03. The highest BCUT2D eigenvalue weighted by Crippen LogP contribution is 2.47. The molecule has 1 N–H and O–H groups in total. The van der Waals surface area contributed by atoms with Crippen LogP contribution in [-0.2, 0) is 0 Å². The van der Waals surface area contributed by atoms with Gasteiger partial charge < -0.3 is 4.98 Å². The number of H-pyrrole nitrogens is 1. The molecule has 17 heavy (non-hydrogen) atoms. The van der Waals surface area contributed by atoms with Gasteiger partial charge >= 0.3 is 0 Å². The predicted molar refractivity (Wildman–Crippen MR) is 73.6 cm³/mol. The predicted octanol–water partition coefficient (Wildman–Crippen LogP) is 5.54. The van der Waals surface area contributed by atoms with Crippen molar-refractivity contribution in [2.45, 2.75) is 6.92 Å². The first-order chi connectivity index (χ1) is 7.97. The second kappa shape index (κ2) is 4.72. The quantitative estimate of drug-likeness (QED) is 0.734. The number of nitrogens with zero attached hydrogens (tertiary/aromatic N) is 1. The lowest BCUT2D eigenvalue weighted by molar-refractivity contribution is 1.40. The third kappa shape index (κ3) is 2.05. The highest BCUT2D eigenvalue weighted by molar-refractivity contribution is 7.20. The monoisotopic (exact) mass is 324 g/mol. The first kappa shape index (κ1) is 13.1. The summed E-state index contributed by atoms with van der Waals surface area (Å²) in [4.78, 5) is 3.35. The van der Waals surface area contributed by atoms with Crippen LogP contribution in [0.4, 0.5) is 0 Å². The van der Waals surface area contributed by atoms with Crippen LogP contribution in [0.25, 0.3) is 10.4 Å². The molecule has 2 aromatic heterocycles. The lowest BCUT2D eigenvalue weighted by atomic mass is 10.1. The number of rotatable bonds is 1. The van der Waals surface area contributed by atoms with Gasteiger partial charge in [-0.15, -0.1) is 11.3 Å². The molecule has 0 unspecified atom stereocenters. The first-order valence-electron chi connectivity index (χ1n) is 4.39. The van der Waals surface area contributed by atoms with Crippen LogP contribution >= 0.6 is 57.7 Å². The Morgan fingerprint density at radius 3 is 2.29 bits per heavy atom. The Balaban J connectivity index is 2.77. The number of thiophene rings is 1. The fraction of sp³-hybridized carbons (Fsp3) is 0.100. The lowest BCUT2D eigenvalue weighted by Crippen LogP contribution is -1.77. The van der Waals surface area contributed by atoms with E-state index in [0.717, 1.165) is 5.56 Å². The summed E-state index contributed by atoms with van der Waals surface area (Å²) >= 11 is 25.3. The van der Waals surface area contributed by atoms with Crippen LogP contribution in [0.2, 0.25) is 19.7 Å². The SMILES string of the molecule is Cc1c(Cl)sc(-c2c(Cl)[nH]c(Cl)c2C#N)c1Cl. The Hall–Kier alpha value is -0.370. The van der Waals surface area contributed by atoms with Gasteiger partial charge in [0.25, 0.3) is 0 Å². The fourth-order valence-corrected chi connectivity index (χ4v) is 3.72. The second-order valence-corrected chi connectivity index (χ2v) is 6.02. The maximum Gasteiger partial charge on any atom is 0.126 e. The maximum absolute atomic E-state index is 9.06. The van der Waals surface area contributed by atoms with Crippen LogP contribution in [0.15, 0.2) is 0 Å². The van der Waals surface area contributed by atoms with E-state index >= 15 is 0 Å². The van der Waals surface area contributed by atoms with Crippen molar-refractivity contribution in [1.82, 2.24) is 4.98 Å². The van der Waals surface area contributed by atoms with E-state index in [1.807, 2.05) is 6.07 Å². The Kier molecular flexibility index (Phi) is 3.63. The van der Waals surface area contributed by atoms with Crippen molar-refractivity contribution in [3.63, 3.8) is 0 Å². The van der Waals surface area contributed by atoms with E-state index in [1.165, 1.54) is 11.3 Å². The van der Waals surface area contributed by atoms with Crippen LogP contribution in [0, 0.1) is 18.3 Å². The van der Waals surface area contributed by atoms with E-state index in [0.29, 0.717) is 19.8 Å². The highest BCUT2D eigenvalue weighted by Gasteiger charge is 2.22. The molecule has 0 aromatic carbocycles. The molecule has 2 nitrogen and oxygen atoms in total. The smallest absolute Gasteiger partial charge is 0.126 e. The largest absolute Gasteiger partial charge is 0.335 e. The van der Waals surface area contributed by atoms with E-state index < -0.39 is 0 Å². The Bertz CT molecular complexity index is 636. The molecule has 0 saturated carbocycles. The lowest BCUT2D eigenvalue weighted by Gasteiger charge is -1.97. The number of hydrogen-bond donors (Lipinski definition) is 1. The minimum absolute atomic E-state index is 0.200. The van der Waals surface area contributed by atoms with E-state index in [-0.39, 0.29) is 15.9 Å². The Morgan fingerprint density at radius 1 is 1.18 bits per heavy atom. The number of nitrogens with one attached hydrogen (secondary N) is 1. The van der Waals surface area contributed by atoms with Crippen molar-refractivity contribution in [3.05, 3.63) is 30.8 Å². The summed E-state index contributed by atoms with van der Waals surface area (Å²) in [5.74, 6) is 0. The topological polar surface area (TPSA) is 39.6 Å². The summed E-state index contributed by atoms with van der Waals surface area (Å²) < 4.78 is 0.572. The molecule has 0 aliphatic rings. The zero-order valence-electron chi connectivity index (χ0n) is 8.37. The van der Waals surface area contributed by atoms with E-state index in [4.69, 9.17) is 51.7 Å². The molecule has 2 heterocycles. The molecule has 0 fully saturated rings. The van der Waals surface area contributed by atoms with Crippen molar-refractivity contribution >= 4 is 57.7 Å². The molecule has 0 amide bonds. The average Bonchev–Trinajstić information content (AvgIpc) is 2.69. The van der Waals surface area contributed by atoms with Gasteiger partial charge in [0.1, 0.15) is 16.4 Å². The first-order valence-corrected chi connectivity index (χ1v) is 6.72. The molecule has 88 valence electrons.